The van der Waals surface area contributed by atoms with Crippen molar-refractivity contribution in [3.8, 4) is 5.75 Å². The van der Waals surface area contributed by atoms with Crippen molar-refractivity contribution in [2.24, 2.45) is 0 Å². The maximum Gasteiger partial charge on any atom is 0.124 e. The van der Waals surface area contributed by atoms with Gasteiger partial charge in [-0.25, -0.2) is 0 Å². The average Bonchev–Trinajstić information content (AvgIpc) is 2.36. The first-order valence-corrected chi connectivity index (χ1v) is 6.60. The highest BCUT2D eigenvalue weighted by Gasteiger charge is 2.20. The van der Waals surface area contributed by atoms with Crippen LogP contribution in [0.2, 0.25) is 0 Å². The van der Waals surface area contributed by atoms with Crippen LogP contribution in [0.3, 0.4) is 0 Å². The first kappa shape index (κ1) is 15.0. The lowest BCUT2D eigenvalue weighted by Gasteiger charge is -2.24. The Morgan fingerprint density at radius 2 is 1.94 bits per heavy atom. The van der Waals surface area contributed by atoms with Gasteiger partial charge >= 0.3 is 0 Å². The SMILES string of the molecule is CCc1ccc(OC)c(C(O)C(C)NC(C)C)c1. The maximum atomic E-state index is 10.4. The van der Waals surface area contributed by atoms with Crippen LogP contribution in [-0.2, 0) is 6.42 Å². The largest absolute Gasteiger partial charge is 0.496 e. The summed E-state index contributed by atoms with van der Waals surface area (Å²) in [6.07, 6.45) is 0.393. The average molecular weight is 251 g/mol. The molecule has 0 aliphatic rings. The van der Waals surface area contributed by atoms with Crippen molar-refractivity contribution in [3.63, 3.8) is 0 Å². The molecule has 1 aromatic carbocycles. The maximum absolute atomic E-state index is 10.4. The van der Waals surface area contributed by atoms with E-state index in [4.69, 9.17) is 4.74 Å². The summed E-state index contributed by atoms with van der Waals surface area (Å²) in [6, 6.07) is 6.33. The van der Waals surface area contributed by atoms with Gasteiger partial charge in [0, 0.05) is 17.6 Å². The zero-order valence-corrected chi connectivity index (χ0v) is 12.0. The summed E-state index contributed by atoms with van der Waals surface area (Å²) < 4.78 is 5.33. The summed E-state index contributed by atoms with van der Waals surface area (Å²) in [4.78, 5) is 0. The monoisotopic (exact) mass is 251 g/mol. The minimum absolute atomic E-state index is 0.00833. The molecule has 0 saturated carbocycles. The molecule has 0 fully saturated rings. The van der Waals surface area contributed by atoms with Crippen molar-refractivity contribution in [2.45, 2.75) is 52.3 Å². The van der Waals surface area contributed by atoms with Crippen LogP contribution in [0.4, 0.5) is 0 Å². The quantitative estimate of drug-likeness (QED) is 0.816. The van der Waals surface area contributed by atoms with Crippen molar-refractivity contribution < 1.29 is 9.84 Å². The van der Waals surface area contributed by atoms with Crippen LogP contribution in [0.1, 0.15) is 44.9 Å². The summed E-state index contributed by atoms with van der Waals surface area (Å²) in [7, 11) is 1.64. The Hall–Kier alpha value is -1.06. The second-order valence-electron chi connectivity index (χ2n) is 4.98. The predicted octanol–water partition coefficient (Wildman–Crippen LogP) is 2.68. The van der Waals surface area contributed by atoms with E-state index in [1.165, 1.54) is 5.56 Å². The van der Waals surface area contributed by atoms with Crippen LogP contribution in [0.15, 0.2) is 18.2 Å². The van der Waals surface area contributed by atoms with E-state index in [0.717, 1.165) is 17.7 Å². The van der Waals surface area contributed by atoms with E-state index < -0.39 is 6.10 Å². The molecule has 18 heavy (non-hydrogen) atoms. The van der Waals surface area contributed by atoms with E-state index in [9.17, 15) is 5.11 Å². The first-order chi connectivity index (χ1) is 8.49. The highest BCUT2D eigenvalue weighted by Crippen LogP contribution is 2.28. The number of hydrogen-bond donors (Lipinski definition) is 2. The first-order valence-electron chi connectivity index (χ1n) is 6.60. The molecule has 0 aromatic heterocycles. The molecule has 2 atom stereocenters. The van der Waals surface area contributed by atoms with Gasteiger partial charge in [-0.1, -0.05) is 26.8 Å². The second kappa shape index (κ2) is 6.76. The molecule has 0 spiro atoms. The third-order valence-corrected chi connectivity index (χ3v) is 3.09. The van der Waals surface area contributed by atoms with Crippen molar-refractivity contribution in [2.75, 3.05) is 7.11 Å². The molecule has 1 aromatic rings. The lowest BCUT2D eigenvalue weighted by Crippen LogP contribution is -2.37. The molecule has 0 aliphatic heterocycles. The van der Waals surface area contributed by atoms with E-state index in [1.807, 2.05) is 25.1 Å². The zero-order valence-electron chi connectivity index (χ0n) is 12.0. The Morgan fingerprint density at radius 1 is 1.28 bits per heavy atom. The number of methoxy groups -OCH3 is 1. The van der Waals surface area contributed by atoms with Crippen LogP contribution in [0.25, 0.3) is 0 Å². The van der Waals surface area contributed by atoms with E-state index in [1.54, 1.807) is 7.11 Å². The molecule has 3 nitrogen and oxygen atoms in total. The van der Waals surface area contributed by atoms with Gasteiger partial charge in [0.25, 0.3) is 0 Å². The van der Waals surface area contributed by atoms with E-state index >= 15 is 0 Å². The fourth-order valence-corrected chi connectivity index (χ4v) is 2.12. The zero-order chi connectivity index (χ0) is 13.7. The normalized spacial score (nSPS) is 14.6. The molecule has 0 heterocycles. The fraction of sp³-hybridized carbons (Fsp3) is 0.600. The van der Waals surface area contributed by atoms with Crippen molar-refractivity contribution in [3.05, 3.63) is 29.3 Å². The van der Waals surface area contributed by atoms with Crippen LogP contribution in [-0.4, -0.2) is 24.3 Å². The van der Waals surface area contributed by atoms with Gasteiger partial charge in [-0.05, 0) is 31.0 Å². The van der Waals surface area contributed by atoms with Gasteiger partial charge in [0.1, 0.15) is 5.75 Å². The summed E-state index contributed by atoms with van der Waals surface area (Å²) in [6.45, 7) is 8.24. The summed E-state index contributed by atoms with van der Waals surface area (Å²) in [5, 5.41) is 13.8. The smallest absolute Gasteiger partial charge is 0.124 e. The summed E-state index contributed by atoms with van der Waals surface area (Å²) in [5.74, 6) is 0.747. The highest BCUT2D eigenvalue weighted by atomic mass is 16.5. The number of ether oxygens (including phenoxy) is 1. The lowest BCUT2D eigenvalue weighted by atomic mass is 9.98. The number of aliphatic hydroxyl groups is 1. The van der Waals surface area contributed by atoms with Crippen molar-refractivity contribution in [1.82, 2.24) is 5.32 Å². The van der Waals surface area contributed by atoms with E-state index in [-0.39, 0.29) is 6.04 Å². The van der Waals surface area contributed by atoms with E-state index in [0.29, 0.717) is 6.04 Å². The molecule has 102 valence electrons. The predicted molar refractivity (Wildman–Crippen MR) is 75.1 cm³/mol. The molecule has 0 amide bonds. The van der Waals surface area contributed by atoms with Gasteiger partial charge in [-0.2, -0.15) is 0 Å². The molecule has 0 saturated heterocycles. The van der Waals surface area contributed by atoms with Gasteiger partial charge < -0.3 is 15.2 Å². The van der Waals surface area contributed by atoms with Crippen molar-refractivity contribution in [1.29, 1.82) is 0 Å². The number of nitrogens with one attached hydrogen (secondary N) is 1. The molecule has 1 rings (SSSR count). The van der Waals surface area contributed by atoms with Gasteiger partial charge in [-0.15, -0.1) is 0 Å². The van der Waals surface area contributed by atoms with Gasteiger partial charge in [0.15, 0.2) is 0 Å². The topological polar surface area (TPSA) is 41.5 Å². The minimum atomic E-state index is -0.561. The summed E-state index contributed by atoms with van der Waals surface area (Å²) in [5.41, 5.74) is 2.07. The molecule has 0 radical (unpaired) electrons. The van der Waals surface area contributed by atoms with Gasteiger partial charge in [0.05, 0.1) is 13.2 Å². The number of benzene rings is 1. The van der Waals surface area contributed by atoms with Crippen LogP contribution >= 0.6 is 0 Å². The number of rotatable bonds is 6. The summed E-state index contributed by atoms with van der Waals surface area (Å²) >= 11 is 0. The van der Waals surface area contributed by atoms with E-state index in [2.05, 4.69) is 26.1 Å². The van der Waals surface area contributed by atoms with Gasteiger partial charge in [0.2, 0.25) is 0 Å². The molecule has 2 N–H and O–H groups in total. The molecular weight excluding hydrogens is 226 g/mol. The van der Waals surface area contributed by atoms with Crippen molar-refractivity contribution >= 4 is 0 Å². The minimum Gasteiger partial charge on any atom is -0.496 e. The lowest BCUT2D eigenvalue weighted by molar-refractivity contribution is 0.128. The molecule has 0 aliphatic carbocycles. The third-order valence-electron chi connectivity index (χ3n) is 3.09. The second-order valence-corrected chi connectivity index (χ2v) is 4.98. The van der Waals surface area contributed by atoms with Crippen LogP contribution < -0.4 is 10.1 Å². The molecule has 3 heteroatoms. The Labute approximate surface area is 110 Å². The molecular formula is C15H25NO2. The Balaban J connectivity index is 2.98. The fourth-order valence-electron chi connectivity index (χ4n) is 2.12. The van der Waals surface area contributed by atoms with Crippen LogP contribution in [0.5, 0.6) is 5.75 Å². The highest BCUT2D eigenvalue weighted by molar-refractivity contribution is 5.39. The van der Waals surface area contributed by atoms with Crippen LogP contribution in [0, 0.1) is 0 Å². The third kappa shape index (κ3) is 3.72. The Morgan fingerprint density at radius 3 is 2.44 bits per heavy atom. The number of aliphatic hydroxyl groups excluding tert-OH is 1. The number of hydrogen-bond acceptors (Lipinski definition) is 3. The Kier molecular flexibility index (Phi) is 5.63. The Bertz CT molecular complexity index is 377. The molecule has 0 bridgehead atoms. The van der Waals surface area contributed by atoms with Gasteiger partial charge in [-0.3, -0.25) is 0 Å². The number of aryl methyl sites for hydroxylation is 1. The standard InChI is InChI=1S/C15H25NO2/c1-6-12-7-8-14(18-5)13(9-12)15(17)11(4)16-10(2)3/h7-11,15-17H,6H2,1-5H3. The molecule has 2 unspecified atom stereocenters.